The summed E-state index contributed by atoms with van der Waals surface area (Å²) in [6.07, 6.45) is 0. The quantitative estimate of drug-likeness (QED) is 0.714. The van der Waals surface area contributed by atoms with E-state index in [-0.39, 0.29) is 5.38 Å². The number of hydrogen-bond donors (Lipinski definition) is 0. The molecule has 0 saturated carbocycles. The summed E-state index contributed by atoms with van der Waals surface area (Å²) in [5.41, 5.74) is 3.35. The van der Waals surface area contributed by atoms with E-state index in [4.69, 9.17) is 16.3 Å². The molecule has 0 aliphatic rings. The molecule has 0 saturated heterocycles. The molecule has 0 aliphatic heterocycles. The molecule has 0 fully saturated rings. The van der Waals surface area contributed by atoms with E-state index >= 15 is 0 Å². The average molecular weight is 326 g/mol. The van der Waals surface area contributed by atoms with Crippen LogP contribution in [-0.4, -0.2) is 7.11 Å². The Labute approximate surface area is 121 Å². The van der Waals surface area contributed by atoms with Crippen molar-refractivity contribution in [2.75, 3.05) is 7.11 Å². The Hall–Kier alpha value is -0.990. The van der Waals surface area contributed by atoms with Crippen molar-refractivity contribution in [1.82, 2.24) is 0 Å². The molecule has 2 aromatic rings. The summed E-state index contributed by atoms with van der Waals surface area (Å²) in [5.74, 6) is 0.839. The first-order chi connectivity index (χ1) is 8.61. The molecule has 0 radical (unpaired) electrons. The van der Waals surface area contributed by atoms with Crippen LogP contribution in [0.4, 0.5) is 0 Å². The number of aryl methyl sites for hydroxylation is 1. The van der Waals surface area contributed by atoms with Gasteiger partial charge in [0.2, 0.25) is 0 Å². The van der Waals surface area contributed by atoms with Crippen molar-refractivity contribution >= 4 is 27.5 Å². The van der Waals surface area contributed by atoms with E-state index in [0.29, 0.717) is 0 Å². The molecule has 3 heteroatoms. The third-order valence-corrected chi connectivity index (χ3v) is 4.04. The van der Waals surface area contributed by atoms with Gasteiger partial charge in [-0.05, 0) is 36.2 Å². The minimum atomic E-state index is -0.162. The van der Waals surface area contributed by atoms with Crippen LogP contribution in [0.3, 0.4) is 0 Å². The second-order valence-corrected chi connectivity index (χ2v) is 5.45. The molecule has 2 aromatic carbocycles. The van der Waals surface area contributed by atoms with Crippen LogP contribution in [0.2, 0.25) is 0 Å². The molecule has 0 spiro atoms. The monoisotopic (exact) mass is 324 g/mol. The number of rotatable bonds is 3. The second-order valence-electron chi connectivity index (χ2n) is 4.16. The fourth-order valence-electron chi connectivity index (χ4n) is 1.81. The molecule has 94 valence electrons. The van der Waals surface area contributed by atoms with Gasteiger partial charge in [-0.2, -0.15) is 0 Å². The van der Waals surface area contributed by atoms with Crippen LogP contribution in [0.25, 0.3) is 0 Å². The van der Waals surface area contributed by atoms with Crippen LogP contribution in [0, 0.1) is 6.92 Å². The fourth-order valence-corrected chi connectivity index (χ4v) is 2.74. The Morgan fingerprint density at radius 2 is 1.78 bits per heavy atom. The molecule has 2 rings (SSSR count). The molecule has 0 heterocycles. The van der Waals surface area contributed by atoms with Crippen molar-refractivity contribution in [3.8, 4) is 5.75 Å². The van der Waals surface area contributed by atoms with Crippen LogP contribution >= 0.6 is 27.5 Å². The predicted octanol–water partition coefficient (Wildman–Crippen LogP) is 5.09. The molecular weight excluding hydrogens is 312 g/mol. The highest BCUT2D eigenvalue weighted by atomic mass is 79.9. The van der Waals surface area contributed by atoms with E-state index in [1.54, 1.807) is 7.11 Å². The maximum absolute atomic E-state index is 6.53. The fraction of sp³-hybridized carbons (Fsp3) is 0.200. The zero-order valence-electron chi connectivity index (χ0n) is 10.3. The highest BCUT2D eigenvalue weighted by molar-refractivity contribution is 9.10. The average Bonchev–Trinajstić information content (AvgIpc) is 2.41. The molecule has 1 unspecified atom stereocenters. The standard InChI is InChI=1S/C15H14BrClO/c1-10-3-8-14(16)13(9-10)15(17)11-4-6-12(18-2)7-5-11/h3-9,15H,1-2H3. The van der Waals surface area contributed by atoms with Gasteiger partial charge in [-0.3, -0.25) is 0 Å². The maximum atomic E-state index is 6.53. The Kier molecular flexibility index (Phi) is 4.31. The van der Waals surface area contributed by atoms with Gasteiger partial charge in [0, 0.05) is 4.47 Å². The normalized spacial score (nSPS) is 12.2. The zero-order valence-corrected chi connectivity index (χ0v) is 12.6. The third-order valence-electron chi connectivity index (χ3n) is 2.83. The number of halogens is 2. The maximum Gasteiger partial charge on any atom is 0.118 e. The smallest absolute Gasteiger partial charge is 0.118 e. The summed E-state index contributed by atoms with van der Waals surface area (Å²) in [4.78, 5) is 0. The van der Waals surface area contributed by atoms with Crippen molar-refractivity contribution in [2.24, 2.45) is 0 Å². The van der Waals surface area contributed by atoms with Crippen molar-refractivity contribution < 1.29 is 4.74 Å². The number of hydrogen-bond acceptors (Lipinski definition) is 1. The molecule has 0 amide bonds. The van der Waals surface area contributed by atoms with Gasteiger partial charge in [0.25, 0.3) is 0 Å². The molecule has 1 atom stereocenters. The zero-order chi connectivity index (χ0) is 13.1. The molecule has 18 heavy (non-hydrogen) atoms. The van der Waals surface area contributed by atoms with Crippen molar-refractivity contribution in [3.63, 3.8) is 0 Å². The molecule has 1 nitrogen and oxygen atoms in total. The lowest BCUT2D eigenvalue weighted by Crippen LogP contribution is -1.95. The van der Waals surface area contributed by atoms with Crippen LogP contribution < -0.4 is 4.74 Å². The van der Waals surface area contributed by atoms with Gasteiger partial charge >= 0.3 is 0 Å². The van der Waals surface area contributed by atoms with E-state index < -0.39 is 0 Å². The Bertz CT molecular complexity index is 537. The Morgan fingerprint density at radius 1 is 1.11 bits per heavy atom. The first-order valence-corrected chi connectivity index (χ1v) is 6.89. The molecule has 0 N–H and O–H groups in total. The van der Waals surface area contributed by atoms with E-state index in [1.165, 1.54) is 5.56 Å². The van der Waals surface area contributed by atoms with E-state index in [0.717, 1.165) is 21.3 Å². The molecular formula is C15H14BrClO. The van der Waals surface area contributed by atoms with Gasteiger partial charge in [-0.25, -0.2) is 0 Å². The SMILES string of the molecule is COc1ccc(C(Cl)c2cc(C)ccc2Br)cc1. The van der Waals surface area contributed by atoms with Crippen LogP contribution in [0.1, 0.15) is 22.1 Å². The summed E-state index contributed by atoms with van der Waals surface area (Å²) < 4.78 is 6.18. The largest absolute Gasteiger partial charge is 0.497 e. The minimum Gasteiger partial charge on any atom is -0.497 e. The highest BCUT2D eigenvalue weighted by Crippen LogP contribution is 2.34. The minimum absolute atomic E-state index is 0.162. The van der Waals surface area contributed by atoms with Gasteiger partial charge in [-0.15, -0.1) is 11.6 Å². The predicted molar refractivity (Wildman–Crippen MR) is 79.6 cm³/mol. The third kappa shape index (κ3) is 2.88. The van der Waals surface area contributed by atoms with Crippen molar-refractivity contribution in [1.29, 1.82) is 0 Å². The van der Waals surface area contributed by atoms with Gasteiger partial charge in [0.15, 0.2) is 0 Å². The topological polar surface area (TPSA) is 9.23 Å². The van der Waals surface area contributed by atoms with Crippen LogP contribution in [-0.2, 0) is 0 Å². The molecule has 0 aliphatic carbocycles. The van der Waals surface area contributed by atoms with Gasteiger partial charge in [-0.1, -0.05) is 45.8 Å². The van der Waals surface area contributed by atoms with E-state index in [2.05, 4.69) is 35.0 Å². The van der Waals surface area contributed by atoms with E-state index in [1.807, 2.05) is 30.3 Å². The summed E-state index contributed by atoms with van der Waals surface area (Å²) in [6.45, 7) is 2.06. The summed E-state index contributed by atoms with van der Waals surface area (Å²) in [5, 5.41) is -0.162. The lowest BCUT2D eigenvalue weighted by atomic mass is 10.0. The Balaban J connectivity index is 2.34. The summed E-state index contributed by atoms with van der Waals surface area (Å²) >= 11 is 10.1. The number of methoxy groups -OCH3 is 1. The lowest BCUT2D eigenvalue weighted by molar-refractivity contribution is 0.414. The number of benzene rings is 2. The molecule has 0 aromatic heterocycles. The highest BCUT2D eigenvalue weighted by Gasteiger charge is 2.14. The van der Waals surface area contributed by atoms with Crippen molar-refractivity contribution in [2.45, 2.75) is 12.3 Å². The first kappa shape index (κ1) is 13.4. The number of ether oxygens (including phenoxy) is 1. The van der Waals surface area contributed by atoms with Gasteiger partial charge in [0.05, 0.1) is 12.5 Å². The summed E-state index contributed by atoms with van der Waals surface area (Å²) in [7, 11) is 1.66. The second kappa shape index (κ2) is 5.77. The van der Waals surface area contributed by atoms with Crippen molar-refractivity contribution in [3.05, 3.63) is 63.6 Å². The van der Waals surface area contributed by atoms with Gasteiger partial charge < -0.3 is 4.74 Å². The van der Waals surface area contributed by atoms with E-state index in [9.17, 15) is 0 Å². The Morgan fingerprint density at radius 3 is 2.39 bits per heavy atom. The van der Waals surface area contributed by atoms with Crippen LogP contribution in [0.15, 0.2) is 46.9 Å². The van der Waals surface area contributed by atoms with Crippen LogP contribution in [0.5, 0.6) is 5.75 Å². The number of alkyl halides is 1. The lowest BCUT2D eigenvalue weighted by Gasteiger charge is -2.13. The van der Waals surface area contributed by atoms with Gasteiger partial charge in [0.1, 0.15) is 5.75 Å². The molecule has 0 bridgehead atoms. The first-order valence-electron chi connectivity index (χ1n) is 5.66. The summed E-state index contributed by atoms with van der Waals surface area (Å²) in [6, 6.07) is 14.0.